The van der Waals surface area contributed by atoms with Gasteiger partial charge >= 0.3 is 0 Å². The van der Waals surface area contributed by atoms with Crippen LogP contribution in [0.25, 0.3) is 0 Å². The lowest BCUT2D eigenvalue weighted by Crippen LogP contribution is -2.44. The van der Waals surface area contributed by atoms with Crippen LogP contribution in [-0.2, 0) is 21.2 Å². The molecule has 0 bridgehead atoms. The number of carbonyl (C=O) groups excluding carboxylic acids is 1. The monoisotopic (exact) mass is 490 g/mol. The molecule has 0 radical (unpaired) electrons. The van der Waals surface area contributed by atoms with E-state index in [-0.39, 0.29) is 17.2 Å². The Kier molecular flexibility index (Phi) is 7.58. The number of rotatable bonds is 6. The maximum atomic E-state index is 13.3. The molecule has 2 aliphatic heterocycles. The predicted octanol–water partition coefficient (Wildman–Crippen LogP) is 3.45. The highest BCUT2D eigenvalue weighted by Crippen LogP contribution is 2.32. The summed E-state index contributed by atoms with van der Waals surface area (Å²) in [5, 5.41) is 3.51. The van der Waals surface area contributed by atoms with Crippen molar-refractivity contribution in [3.63, 3.8) is 0 Å². The first-order valence-electron chi connectivity index (χ1n) is 11.5. The van der Waals surface area contributed by atoms with Gasteiger partial charge in [-0.2, -0.15) is 4.31 Å². The first-order chi connectivity index (χ1) is 15.8. The minimum atomic E-state index is -3.61. The van der Waals surface area contributed by atoms with Gasteiger partial charge < -0.3 is 15.1 Å². The molecule has 178 valence electrons. The largest absolute Gasteiger partial charge is 0.367 e. The van der Waals surface area contributed by atoms with Crippen LogP contribution in [0.4, 0.5) is 11.4 Å². The third-order valence-electron chi connectivity index (χ3n) is 6.35. The first-order valence-corrected chi connectivity index (χ1v) is 13.3. The van der Waals surface area contributed by atoms with E-state index in [2.05, 4.69) is 22.2 Å². The van der Waals surface area contributed by atoms with E-state index in [0.717, 1.165) is 56.7 Å². The Morgan fingerprint density at radius 1 is 0.970 bits per heavy atom. The molecular weight excluding hydrogens is 460 g/mol. The second-order valence-corrected chi connectivity index (χ2v) is 11.1. The van der Waals surface area contributed by atoms with Gasteiger partial charge in [0.05, 0.1) is 22.7 Å². The summed E-state index contributed by atoms with van der Waals surface area (Å²) < 4.78 is 28.1. The molecule has 2 aliphatic rings. The van der Waals surface area contributed by atoms with Gasteiger partial charge in [0.15, 0.2) is 0 Å². The molecule has 2 aromatic carbocycles. The quantitative estimate of drug-likeness (QED) is 0.671. The number of amides is 1. The van der Waals surface area contributed by atoms with E-state index in [1.165, 1.54) is 0 Å². The normalized spacial score (nSPS) is 18.3. The molecule has 1 amide bonds. The number of hydrogen-bond acceptors (Lipinski definition) is 5. The van der Waals surface area contributed by atoms with E-state index in [1.807, 2.05) is 24.3 Å². The Balaban J connectivity index is 1.63. The van der Waals surface area contributed by atoms with Crippen LogP contribution < -0.4 is 10.2 Å². The van der Waals surface area contributed by atoms with Crippen molar-refractivity contribution >= 4 is 38.9 Å². The van der Waals surface area contributed by atoms with Gasteiger partial charge in [0.25, 0.3) is 0 Å². The third kappa shape index (κ3) is 5.69. The highest BCUT2D eigenvalue weighted by Gasteiger charge is 2.28. The topological polar surface area (TPSA) is 73.0 Å². The summed E-state index contributed by atoms with van der Waals surface area (Å²) in [4.78, 5) is 17.6. The van der Waals surface area contributed by atoms with E-state index in [1.54, 1.807) is 22.5 Å². The SMILES string of the molecule is CN1CCN(c2ccc(S(=O)(=O)N3CCCCC3)cc2NC(=O)Cc2ccccc2Cl)CC1. The molecular formula is C24H31ClN4O3S. The first kappa shape index (κ1) is 24.0. The van der Waals surface area contributed by atoms with Crippen molar-refractivity contribution in [3.8, 4) is 0 Å². The van der Waals surface area contributed by atoms with Crippen molar-refractivity contribution < 1.29 is 13.2 Å². The van der Waals surface area contributed by atoms with Crippen LogP contribution in [-0.4, -0.2) is 69.8 Å². The number of piperidine rings is 1. The summed E-state index contributed by atoms with van der Waals surface area (Å²) in [5.41, 5.74) is 2.10. The molecule has 2 fully saturated rings. The molecule has 0 saturated carbocycles. The predicted molar refractivity (Wildman–Crippen MR) is 133 cm³/mol. The van der Waals surface area contributed by atoms with E-state index < -0.39 is 10.0 Å². The number of piperazine rings is 1. The van der Waals surface area contributed by atoms with E-state index in [0.29, 0.717) is 23.8 Å². The van der Waals surface area contributed by atoms with Crippen LogP contribution in [0.2, 0.25) is 5.02 Å². The summed E-state index contributed by atoms with van der Waals surface area (Å²) in [6, 6.07) is 12.4. The highest BCUT2D eigenvalue weighted by atomic mass is 35.5. The van der Waals surface area contributed by atoms with Crippen molar-refractivity contribution in [1.29, 1.82) is 0 Å². The minimum Gasteiger partial charge on any atom is -0.367 e. The van der Waals surface area contributed by atoms with Crippen molar-refractivity contribution in [3.05, 3.63) is 53.1 Å². The van der Waals surface area contributed by atoms with Crippen LogP contribution in [0.1, 0.15) is 24.8 Å². The zero-order valence-corrected chi connectivity index (χ0v) is 20.5. The summed E-state index contributed by atoms with van der Waals surface area (Å²) in [6.45, 7) is 4.50. The molecule has 4 rings (SSSR count). The fraction of sp³-hybridized carbons (Fsp3) is 0.458. The van der Waals surface area contributed by atoms with Gasteiger partial charge in [-0.15, -0.1) is 0 Å². The van der Waals surface area contributed by atoms with Crippen LogP contribution in [0, 0.1) is 0 Å². The second kappa shape index (κ2) is 10.4. The fourth-order valence-corrected chi connectivity index (χ4v) is 6.11. The Morgan fingerprint density at radius 2 is 1.67 bits per heavy atom. The third-order valence-corrected chi connectivity index (χ3v) is 8.61. The van der Waals surface area contributed by atoms with Gasteiger partial charge in [0, 0.05) is 44.3 Å². The second-order valence-electron chi connectivity index (χ2n) is 8.75. The molecule has 2 saturated heterocycles. The number of carbonyl (C=O) groups is 1. The summed E-state index contributed by atoms with van der Waals surface area (Å²) in [5.74, 6) is -0.231. The minimum absolute atomic E-state index is 0.116. The molecule has 7 nitrogen and oxygen atoms in total. The van der Waals surface area contributed by atoms with E-state index >= 15 is 0 Å². The van der Waals surface area contributed by atoms with Crippen molar-refractivity contribution in [2.75, 3.05) is 56.5 Å². The standard InChI is InChI=1S/C24H31ClN4O3S/c1-27-13-15-28(16-14-27)23-10-9-20(33(31,32)29-11-5-2-6-12-29)18-22(23)26-24(30)17-19-7-3-4-8-21(19)25/h3-4,7-10,18H,2,5-6,11-17H2,1H3,(H,26,30). The zero-order valence-electron chi connectivity index (χ0n) is 19.0. The summed E-state index contributed by atoms with van der Waals surface area (Å²) in [7, 11) is -1.53. The van der Waals surface area contributed by atoms with Crippen molar-refractivity contribution in [2.24, 2.45) is 0 Å². The molecule has 0 unspecified atom stereocenters. The number of sulfonamides is 1. The molecule has 0 aliphatic carbocycles. The lowest BCUT2D eigenvalue weighted by atomic mass is 10.1. The number of anilines is 2. The van der Waals surface area contributed by atoms with Crippen molar-refractivity contribution in [1.82, 2.24) is 9.21 Å². The molecule has 2 aromatic rings. The number of nitrogens with one attached hydrogen (secondary N) is 1. The average molecular weight is 491 g/mol. The molecule has 0 aromatic heterocycles. The number of benzene rings is 2. The highest BCUT2D eigenvalue weighted by molar-refractivity contribution is 7.89. The molecule has 0 spiro atoms. The Hall–Kier alpha value is -2.13. The molecule has 2 heterocycles. The Bertz CT molecular complexity index is 1090. The maximum Gasteiger partial charge on any atom is 0.243 e. The molecule has 0 atom stereocenters. The average Bonchev–Trinajstić information content (AvgIpc) is 2.82. The lowest BCUT2D eigenvalue weighted by molar-refractivity contribution is -0.115. The Labute approximate surface area is 201 Å². The van der Waals surface area contributed by atoms with Crippen LogP contribution in [0.3, 0.4) is 0 Å². The Morgan fingerprint density at radius 3 is 2.36 bits per heavy atom. The molecule has 1 N–H and O–H groups in total. The smallest absolute Gasteiger partial charge is 0.243 e. The van der Waals surface area contributed by atoms with Crippen LogP contribution in [0.15, 0.2) is 47.4 Å². The number of halogens is 1. The van der Waals surface area contributed by atoms with E-state index in [9.17, 15) is 13.2 Å². The number of nitrogens with zero attached hydrogens (tertiary/aromatic N) is 3. The van der Waals surface area contributed by atoms with Crippen LogP contribution in [0.5, 0.6) is 0 Å². The fourth-order valence-electron chi connectivity index (χ4n) is 4.36. The maximum absolute atomic E-state index is 13.3. The summed E-state index contributed by atoms with van der Waals surface area (Å²) >= 11 is 6.23. The molecule has 9 heteroatoms. The van der Waals surface area contributed by atoms with E-state index in [4.69, 9.17) is 11.6 Å². The van der Waals surface area contributed by atoms with Gasteiger partial charge in [-0.05, 0) is 49.7 Å². The number of likely N-dealkylation sites (N-methyl/N-ethyl adjacent to an activating group) is 1. The van der Waals surface area contributed by atoms with Gasteiger partial charge in [-0.3, -0.25) is 4.79 Å². The zero-order chi connectivity index (χ0) is 23.4. The van der Waals surface area contributed by atoms with Crippen LogP contribution >= 0.6 is 11.6 Å². The van der Waals surface area contributed by atoms with Gasteiger partial charge in [-0.1, -0.05) is 36.2 Å². The summed E-state index contributed by atoms with van der Waals surface area (Å²) in [6.07, 6.45) is 2.92. The van der Waals surface area contributed by atoms with Crippen molar-refractivity contribution in [2.45, 2.75) is 30.6 Å². The van der Waals surface area contributed by atoms with Gasteiger partial charge in [-0.25, -0.2) is 8.42 Å². The number of hydrogen-bond donors (Lipinski definition) is 1. The lowest BCUT2D eigenvalue weighted by Gasteiger charge is -2.35. The molecule has 33 heavy (non-hydrogen) atoms. The van der Waals surface area contributed by atoms with Gasteiger partial charge in [0.1, 0.15) is 0 Å². The van der Waals surface area contributed by atoms with Gasteiger partial charge in [0.2, 0.25) is 15.9 Å².